The van der Waals surface area contributed by atoms with E-state index in [2.05, 4.69) is 36.9 Å². The highest BCUT2D eigenvalue weighted by atomic mass is 16.4. The lowest BCUT2D eigenvalue weighted by Crippen LogP contribution is -2.23. The Morgan fingerprint density at radius 3 is 2.74 bits per heavy atom. The Bertz CT molecular complexity index is 494. The van der Waals surface area contributed by atoms with Crippen molar-refractivity contribution in [3.05, 3.63) is 34.9 Å². The van der Waals surface area contributed by atoms with Crippen LogP contribution in [0.1, 0.15) is 37.0 Å². The van der Waals surface area contributed by atoms with Gasteiger partial charge in [0, 0.05) is 18.7 Å². The van der Waals surface area contributed by atoms with E-state index in [0.29, 0.717) is 5.41 Å². The Hall–Kier alpha value is -1.55. The fourth-order valence-electron chi connectivity index (χ4n) is 2.69. The number of hydrogen-bond donors (Lipinski definition) is 2. The maximum Gasteiger partial charge on any atom is 0.170 e. The Balaban J connectivity index is 2.10. The average molecular weight is 261 g/mol. The SMILES string of the molecule is Cc1cc(/C(N)=N/O)ccc1CN1CCC(C)(C)C1. The van der Waals surface area contributed by atoms with Gasteiger partial charge in [0.25, 0.3) is 0 Å². The molecule has 1 fully saturated rings. The van der Waals surface area contributed by atoms with E-state index in [1.807, 2.05) is 12.1 Å². The number of amidine groups is 1. The molecule has 1 aromatic carbocycles. The Morgan fingerprint density at radius 1 is 1.47 bits per heavy atom. The first kappa shape index (κ1) is 13.9. The van der Waals surface area contributed by atoms with Gasteiger partial charge in [-0.25, -0.2) is 0 Å². The fraction of sp³-hybridized carbons (Fsp3) is 0.533. The highest BCUT2D eigenvalue weighted by Crippen LogP contribution is 2.30. The summed E-state index contributed by atoms with van der Waals surface area (Å²) < 4.78 is 0. The summed E-state index contributed by atoms with van der Waals surface area (Å²) in [4.78, 5) is 2.49. The molecule has 0 amide bonds. The molecule has 0 spiro atoms. The molecular weight excluding hydrogens is 238 g/mol. The third-order valence-corrected chi connectivity index (χ3v) is 3.90. The van der Waals surface area contributed by atoms with Crippen LogP contribution >= 0.6 is 0 Å². The summed E-state index contributed by atoms with van der Waals surface area (Å²) in [7, 11) is 0. The predicted octanol–water partition coefficient (Wildman–Crippen LogP) is 2.32. The van der Waals surface area contributed by atoms with Crippen LogP contribution in [-0.2, 0) is 6.54 Å². The van der Waals surface area contributed by atoms with Crippen molar-refractivity contribution in [2.75, 3.05) is 13.1 Å². The van der Waals surface area contributed by atoms with Crippen molar-refractivity contribution >= 4 is 5.84 Å². The third kappa shape index (κ3) is 3.26. The van der Waals surface area contributed by atoms with E-state index >= 15 is 0 Å². The first-order chi connectivity index (χ1) is 8.91. The maximum absolute atomic E-state index is 8.69. The van der Waals surface area contributed by atoms with Crippen molar-refractivity contribution in [3.8, 4) is 0 Å². The number of nitrogens with two attached hydrogens (primary N) is 1. The van der Waals surface area contributed by atoms with Crippen LogP contribution in [0.15, 0.2) is 23.4 Å². The lowest BCUT2D eigenvalue weighted by molar-refractivity contribution is 0.284. The number of oxime groups is 1. The van der Waals surface area contributed by atoms with E-state index in [1.54, 1.807) is 0 Å². The molecule has 1 aliphatic heterocycles. The lowest BCUT2D eigenvalue weighted by Gasteiger charge is -2.20. The Labute approximate surface area is 114 Å². The van der Waals surface area contributed by atoms with Crippen LogP contribution in [0.2, 0.25) is 0 Å². The normalized spacial score (nSPS) is 19.8. The van der Waals surface area contributed by atoms with E-state index < -0.39 is 0 Å². The van der Waals surface area contributed by atoms with E-state index in [0.717, 1.165) is 25.2 Å². The van der Waals surface area contributed by atoms with Crippen LogP contribution < -0.4 is 5.73 Å². The molecule has 0 aromatic heterocycles. The van der Waals surface area contributed by atoms with Crippen LogP contribution in [0.4, 0.5) is 0 Å². The van der Waals surface area contributed by atoms with Crippen molar-refractivity contribution in [2.45, 2.75) is 33.7 Å². The second-order valence-corrected chi connectivity index (χ2v) is 6.25. The summed E-state index contributed by atoms with van der Waals surface area (Å²) in [6, 6.07) is 5.97. The van der Waals surface area contributed by atoms with Crippen molar-refractivity contribution in [1.82, 2.24) is 4.90 Å². The molecule has 0 bridgehead atoms. The molecule has 104 valence electrons. The largest absolute Gasteiger partial charge is 0.409 e. The molecule has 0 atom stereocenters. The molecule has 2 rings (SSSR count). The molecule has 0 aliphatic carbocycles. The molecule has 0 radical (unpaired) electrons. The summed E-state index contributed by atoms with van der Waals surface area (Å²) in [6.45, 7) is 10.0. The summed E-state index contributed by atoms with van der Waals surface area (Å²) in [5.41, 5.74) is 9.30. The van der Waals surface area contributed by atoms with Gasteiger partial charge in [0.1, 0.15) is 0 Å². The number of nitrogens with zero attached hydrogens (tertiary/aromatic N) is 2. The summed E-state index contributed by atoms with van der Waals surface area (Å²) in [6.07, 6.45) is 1.26. The highest BCUT2D eigenvalue weighted by Gasteiger charge is 2.29. The molecular formula is C15H23N3O. The van der Waals surface area contributed by atoms with Gasteiger partial charge in [-0.15, -0.1) is 0 Å². The van der Waals surface area contributed by atoms with Crippen LogP contribution in [0.5, 0.6) is 0 Å². The minimum Gasteiger partial charge on any atom is -0.409 e. The van der Waals surface area contributed by atoms with Crippen molar-refractivity contribution in [1.29, 1.82) is 0 Å². The van der Waals surface area contributed by atoms with Gasteiger partial charge in [0.15, 0.2) is 5.84 Å². The minimum absolute atomic E-state index is 0.164. The quantitative estimate of drug-likeness (QED) is 0.380. The maximum atomic E-state index is 8.69. The molecule has 0 saturated carbocycles. The number of rotatable bonds is 3. The highest BCUT2D eigenvalue weighted by molar-refractivity contribution is 5.97. The van der Waals surface area contributed by atoms with Gasteiger partial charge in [0.2, 0.25) is 0 Å². The Morgan fingerprint density at radius 2 is 2.21 bits per heavy atom. The predicted molar refractivity (Wildman–Crippen MR) is 77.4 cm³/mol. The second kappa shape index (κ2) is 5.21. The van der Waals surface area contributed by atoms with Crippen molar-refractivity contribution < 1.29 is 5.21 Å². The molecule has 0 unspecified atom stereocenters. The second-order valence-electron chi connectivity index (χ2n) is 6.25. The first-order valence-corrected chi connectivity index (χ1v) is 6.71. The van der Waals surface area contributed by atoms with Crippen molar-refractivity contribution in [3.63, 3.8) is 0 Å². The van der Waals surface area contributed by atoms with E-state index in [-0.39, 0.29) is 5.84 Å². The monoisotopic (exact) mass is 261 g/mol. The molecule has 1 aliphatic rings. The minimum atomic E-state index is 0.164. The van der Waals surface area contributed by atoms with Gasteiger partial charge in [-0.05, 0) is 42.5 Å². The van der Waals surface area contributed by atoms with Gasteiger partial charge in [0.05, 0.1) is 0 Å². The smallest absolute Gasteiger partial charge is 0.170 e. The third-order valence-electron chi connectivity index (χ3n) is 3.90. The topological polar surface area (TPSA) is 61.9 Å². The van der Waals surface area contributed by atoms with Gasteiger partial charge >= 0.3 is 0 Å². The lowest BCUT2D eigenvalue weighted by atomic mass is 9.93. The van der Waals surface area contributed by atoms with E-state index in [1.165, 1.54) is 17.5 Å². The van der Waals surface area contributed by atoms with E-state index in [4.69, 9.17) is 10.9 Å². The molecule has 1 saturated heterocycles. The molecule has 19 heavy (non-hydrogen) atoms. The summed E-state index contributed by atoms with van der Waals surface area (Å²) >= 11 is 0. The van der Waals surface area contributed by atoms with Gasteiger partial charge < -0.3 is 10.9 Å². The van der Waals surface area contributed by atoms with Gasteiger partial charge in [-0.2, -0.15) is 0 Å². The number of likely N-dealkylation sites (tertiary alicyclic amines) is 1. The standard InChI is InChI=1S/C15H23N3O/c1-11-8-12(14(16)17-19)4-5-13(11)9-18-7-6-15(2,3)10-18/h4-5,8,19H,6-7,9-10H2,1-3H3,(H2,16,17). The Kier molecular flexibility index (Phi) is 3.80. The number of hydrogen-bond acceptors (Lipinski definition) is 3. The molecule has 3 N–H and O–H groups in total. The summed E-state index contributed by atoms with van der Waals surface area (Å²) in [5, 5.41) is 11.7. The number of benzene rings is 1. The zero-order valence-electron chi connectivity index (χ0n) is 12.0. The van der Waals surface area contributed by atoms with Crippen LogP contribution in [0.25, 0.3) is 0 Å². The zero-order chi connectivity index (χ0) is 14.0. The van der Waals surface area contributed by atoms with Crippen molar-refractivity contribution in [2.24, 2.45) is 16.3 Å². The molecule has 1 aromatic rings. The average Bonchev–Trinajstić information content (AvgIpc) is 2.70. The first-order valence-electron chi connectivity index (χ1n) is 6.71. The summed E-state index contributed by atoms with van der Waals surface area (Å²) in [5.74, 6) is 0.164. The van der Waals surface area contributed by atoms with Crippen LogP contribution in [0.3, 0.4) is 0 Å². The molecule has 4 nitrogen and oxygen atoms in total. The number of aryl methyl sites for hydroxylation is 1. The zero-order valence-corrected chi connectivity index (χ0v) is 12.0. The van der Waals surface area contributed by atoms with Gasteiger partial charge in [-0.1, -0.05) is 31.1 Å². The van der Waals surface area contributed by atoms with Crippen LogP contribution in [0, 0.1) is 12.3 Å². The molecule has 1 heterocycles. The van der Waals surface area contributed by atoms with Crippen LogP contribution in [-0.4, -0.2) is 29.0 Å². The fourth-order valence-corrected chi connectivity index (χ4v) is 2.69. The molecule has 4 heteroatoms. The van der Waals surface area contributed by atoms with Gasteiger partial charge in [-0.3, -0.25) is 4.90 Å². The van der Waals surface area contributed by atoms with E-state index in [9.17, 15) is 0 Å².